The molecule has 0 fully saturated rings. The summed E-state index contributed by atoms with van der Waals surface area (Å²) < 4.78 is 31.6. The van der Waals surface area contributed by atoms with Crippen molar-refractivity contribution in [3.05, 3.63) is 59.7 Å². The molecule has 0 aromatic heterocycles. The van der Waals surface area contributed by atoms with Crippen LogP contribution >= 0.6 is 0 Å². The zero-order chi connectivity index (χ0) is 21.0. The van der Waals surface area contributed by atoms with Crippen LogP contribution in [0.5, 0.6) is 5.75 Å². The fourth-order valence-electron chi connectivity index (χ4n) is 3.96. The van der Waals surface area contributed by atoms with Gasteiger partial charge in [0.1, 0.15) is 11.8 Å². The average molecular weight is 417 g/mol. The number of ether oxygens (including phenoxy) is 1. The number of carbonyl (C=O) groups excluding carboxylic acids is 1. The Morgan fingerprint density at radius 3 is 2.52 bits per heavy atom. The number of amides is 1. The van der Waals surface area contributed by atoms with Crippen LogP contribution in [0.25, 0.3) is 0 Å². The van der Waals surface area contributed by atoms with E-state index in [9.17, 15) is 13.2 Å². The van der Waals surface area contributed by atoms with Crippen molar-refractivity contribution in [3.63, 3.8) is 0 Å². The number of hydrogen-bond donors (Lipinski definition) is 1. The second-order valence-corrected chi connectivity index (χ2v) is 9.19. The molecule has 3 rings (SSSR count). The number of rotatable bonds is 7. The first-order valence-electron chi connectivity index (χ1n) is 9.86. The van der Waals surface area contributed by atoms with Crippen LogP contribution in [0.3, 0.4) is 0 Å². The Kier molecular flexibility index (Phi) is 6.47. The van der Waals surface area contributed by atoms with Gasteiger partial charge < -0.3 is 10.1 Å². The highest BCUT2D eigenvalue weighted by Crippen LogP contribution is 2.30. The monoisotopic (exact) mass is 416 g/mol. The van der Waals surface area contributed by atoms with Crippen LogP contribution in [0, 0.1) is 0 Å². The maximum absolute atomic E-state index is 13.2. The maximum Gasteiger partial charge on any atom is 0.244 e. The summed E-state index contributed by atoms with van der Waals surface area (Å²) in [5.74, 6) is 0.342. The number of aryl methyl sites for hydroxylation is 1. The van der Waals surface area contributed by atoms with Gasteiger partial charge in [0, 0.05) is 0 Å². The van der Waals surface area contributed by atoms with Crippen molar-refractivity contribution in [2.75, 3.05) is 17.7 Å². The number of nitrogens with one attached hydrogen (secondary N) is 1. The van der Waals surface area contributed by atoms with Crippen molar-refractivity contribution in [1.29, 1.82) is 0 Å². The minimum absolute atomic E-state index is 0.0984. The lowest BCUT2D eigenvalue weighted by Gasteiger charge is -2.33. The molecule has 0 heterocycles. The van der Waals surface area contributed by atoms with E-state index >= 15 is 0 Å². The molecule has 0 aliphatic heterocycles. The van der Waals surface area contributed by atoms with Gasteiger partial charge in [0.05, 0.1) is 25.1 Å². The van der Waals surface area contributed by atoms with Gasteiger partial charge in [-0.05, 0) is 61.1 Å². The molecule has 0 saturated carbocycles. The lowest BCUT2D eigenvalue weighted by Crippen LogP contribution is -2.50. The quantitative estimate of drug-likeness (QED) is 0.750. The van der Waals surface area contributed by atoms with Crippen LogP contribution in [0.15, 0.2) is 48.5 Å². The summed E-state index contributed by atoms with van der Waals surface area (Å²) in [4.78, 5) is 13.2. The van der Waals surface area contributed by atoms with E-state index in [0.29, 0.717) is 17.9 Å². The summed E-state index contributed by atoms with van der Waals surface area (Å²) in [6, 6.07) is 13.9. The SMILES string of the molecule is CC[C@H](C(=O)N[C@@H]1CCCc2ccccc21)N(c1ccc(OC)cc1)S(C)(=O)=O. The Balaban J connectivity index is 1.88. The molecule has 2 atom stereocenters. The van der Waals surface area contributed by atoms with Crippen LogP contribution in [0.2, 0.25) is 0 Å². The number of sulfonamides is 1. The van der Waals surface area contributed by atoms with Gasteiger partial charge >= 0.3 is 0 Å². The minimum atomic E-state index is -3.66. The Hall–Kier alpha value is -2.54. The van der Waals surface area contributed by atoms with Gasteiger partial charge in [-0.3, -0.25) is 9.10 Å². The molecular weight excluding hydrogens is 388 g/mol. The van der Waals surface area contributed by atoms with Gasteiger partial charge in [0.25, 0.3) is 0 Å². The van der Waals surface area contributed by atoms with Crippen molar-refractivity contribution in [2.24, 2.45) is 0 Å². The van der Waals surface area contributed by atoms with Crippen molar-refractivity contribution < 1.29 is 17.9 Å². The molecule has 156 valence electrons. The molecule has 0 spiro atoms. The van der Waals surface area contributed by atoms with Gasteiger partial charge in [-0.2, -0.15) is 0 Å². The van der Waals surface area contributed by atoms with Gasteiger partial charge in [-0.15, -0.1) is 0 Å². The summed E-state index contributed by atoms with van der Waals surface area (Å²) >= 11 is 0. The maximum atomic E-state index is 13.2. The molecule has 6 nitrogen and oxygen atoms in total. The second-order valence-electron chi connectivity index (χ2n) is 7.33. The number of benzene rings is 2. The molecular formula is C22H28N2O4S. The normalized spacial score (nSPS) is 17.1. The number of fused-ring (bicyclic) bond motifs is 1. The molecule has 29 heavy (non-hydrogen) atoms. The molecule has 7 heteroatoms. The molecule has 2 aromatic carbocycles. The molecule has 0 saturated heterocycles. The van der Waals surface area contributed by atoms with Crippen LogP contribution in [0.1, 0.15) is 43.4 Å². The molecule has 2 aromatic rings. The third-order valence-electron chi connectivity index (χ3n) is 5.34. The standard InChI is InChI=1S/C22H28N2O4S/c1-4-21(24(29(3,26)27)17-12-14-18(28-2)15-13-17)22(25)23-20-11-7-9-16-8-5-6-10-19(16)20/h5-6,8,10,12-15,20-21H,4,7,9,11H2,1-3H3,(H,23,25)/t20-,21-/m1/s1. The highest BCUT2D eigenvalue weighted by atomic mass is 32.2. The van der Waals surface area contributed by atoms with E-state index in [1.807, 2.05) is 25.1 Å². The number of hydrogen-bond acceptors (Lipinski definition) is 4. The van der Waals surface area contributed by atoms with Crippen molar-refractivity contribution >= 4 is 21.6 Å². The number of anilines is 1. The number of methoxy groups -OCH3 is 1. The third-order valence-corrected chi connectivity index (χ3v) is 6.52. The summed E-state index contributed by atoms with van der Waals surface area (Å²) in [6.07, 6.45) is 4.33. The predicted octanol–water partition coefficient (Wildman–Crippen LogP) is 3.43. The van der Waals surface area contributed by atoms with E-state index < -0.39 is 16.1 Å². The van der Waals surface area contributed by atoms with E-state index in [2.05, 4.69) is 11.4 Å². The van der Waals surface area contributed by atoms with Gasteiger partial charge in [-0.1, -0.05) is 31.2 Å². The van der Waals surface area contributed by atoms with Gasteiger partial charge in [0.15, 0.2) is 0 Å². The van der Waals surface area contributed by atoms with Crippen molar-refractivity contribution in [2.45, 2.75) is 44.7 Å². The average Bonchev–Trinajstić information content (AvgIpc) is 2.71. The highest BCUT2D eigenvalue weighted by molar-refractivity contribution is 7.92. The Bertz CT molecular complexity index is 957. The molecule has 1 aliphatic rings. The number of nitrogens with zero attached hydrogens (tertiary/aromatic N) is 1. The lowest BCUT2D eigenvalue weighted by molar-refractivity contribution is -0.123. The van der Waals surface area contributed by atoms with Crippen LogP contribution < -0.4 is 14.4 Å². The van der Waals surface area contributed by atoms with Gasteiger partial charge in [-0.25, -0.2) is 8.42 Å². The molecule has 0 radical (unpaired) electrons. The molecule has 0 bridgehead atoms. The Morgan fingerprint density at radius 1 is 1.21 bits per heavy atom. The summed E-state index contributed by atoms with van der Waals surface area (Å²) in [7, 11) is -2.11. The van der Waals surface area contributed by atoms with Crippen LogP contribution in [-0.2, 0) is 21.2 Å². The summed E-state index contributed by atoms with van der Waals surface area (Å²) in [5.41, 5.74) is 2.81. The third kappa shape index (κ3) is 4.72. The minimum Gasteiger partial charge on any atom is -0.497 e. The van der Waals surface area contributed by atoms with E-state index in [4.69, 9.17) is 4.74 Å². The number of carbonyl (C=O) groups is 1. The Morgan fingerprint density at radius 2 is 1.90 bits per heavy atom. The van der Waals surface area contributed by atoms with E-state index in [-0.39, 0.29) is 11.9 Å². The smallest absolute Gasteiger partial charge is 0.244 e. The van der Waals surface area contributed by atoms with E-state index in [1.54, 1.807) is 31.4 Å². The van der Waals surface area contributed by atoms with Crippen LogP contribution in [0.4, 0.5) is 5.69 Å². The Labute approximate surface area is 172 Å². The fourth-order valence-corrected chi connectivity index (χ4v) is 5.17. The highest BCUT2D eigenvalue weighted by Gasteiger charge is 2.33. The first-order valence-corrected chi connectivity index (χ1v) is 11.7. The van der Waals surface area contributed by atoms with E-state index in [0.717, 1.165) is 31.1 Å². The lowest BCUT2D eigenvalue weighted by atomic mass is 9.87. The first kappa shape index (κ1) is 21.2. The summed E-state index contributed by atoms with van der Waals surface area (Å²) in [6.45, 7) is 1.82. The largest absolute Gasteiger partial charge is 0.497 e. The van der Waals surface area contributed by atoms with Crippen molar-refractivity contribution in [1.82, 2.24) is 5.32 Å². The van der Waals surface area contributed by atoms with Crippen LogP contribution in [-0.4, -0.2) is 33.7 Å². The van der Waals surface area contributed by atoms with E-state index in [1.165, 1.54) is 9.87 Å². The molecule has 1 aliphatic carbocycles. The second kappa shape index (κ2) is 8.86. The molecule has 1 amide bonds. The fraction of sp³-hybridized carbons (Fsp3) is 0.409. The summed E-state index contributed by atoms with van der Waals surface area (Å²) in [5, 5.41) is 3.10. The first-order chi connectivity index (χ1) is 13.8. The van der Waals surface area contributed by atoms with Gasteiger partial charge in [0.2, 0.25) is 15.9 Å². The van der Waals surface area contributed by atoms with Crippen molar-refractivity contribution in [3.8, 4) is 5.75 Å². The topological polar surface area (TPSA) is 75.7 Å². The predicted molar refractivity (Wildman–Crippen MR) is 115 cm³/mol. The zero-order valence-corrected chi connectivity index (χ0v) is 17.9. The zero-order valence-electron chi connectivity index (χ0n) is 17.1. The molecule has 1 N–H and O–H groups in total. The molecule has 0 unspecified atom stereocenters.